The molecular weight excluding hydrogens is 334 g/mol. The van der Waals surface area contributed by atoms with Gasteiger partial charge in [0.2, 0.25) is 0 Å². The van der Waals surface area contributed by atoms with E-state index in [0.717, 1.165) is 0 Å². The molecule has 0 fully saturated rings. The molecule has 1 rings (SSSR count). The van der Waals surface area contributed by atoms with Crippen molar-refractivity contribution in [1.29, 1.82) is 0 Å². The van der Waals surface area contributed by atoms with Crippen LogP contribution in [0.5, 0.6) is 0 Å². The lowest BCUT2D eigenvalue weighted by atomic mass is 9.93. The van der Waals surface area contributed by atoms with Gasteiger partial charge in [0, 0.05) is 23.1 Å². The Morgan fingerprint density at radius 1 is 1.19 bits per heavy atom. The van der Waals surface area contributed by atoms with Gasteiger partial charge in [0.1, 0.15) is 6.04 Å². The molecule has 0 aromatic heterocycles. The maximum atomic E-state index is 12.4. The SMILES string of the molecule is CNC(C)(C)[C@H](NC(=O)c1ccc(C#CC#CCCO)cc1)C(=O)NO. The molecule has 0 aliphatic rings. The number of hydrogen-bond acceptors (Lipinski definition) is 5. The van der Waals surface area contributed by atoms with Gasteiger partial charge in [-0.15, -0.1) is 0 Å². The summed E-state index contributed by atoms with van der Waals surface area (Å²) >= 11 is 0. The van der Waals surface area contributed by atoms with Crippen LogP contribution in [0.2, 0.25) is 0 Å². The molecule has 0 radical (unpaired) electrons. The molecule has 0 bridgehead atoms. The standard InChI is InChI=1S/C19H23N3O4/c1-19(2,20-3)16(18(25)22-26)21-17(24)15-11-9-14(10-12-15)8-6-4-5-7-13-23/h9-12,16,20,23,26H,7,13H2,1-3H3,(H,21,24)(H,22,25)/t16-/m1/s1. The van der Waals surface area contributed by atoms with E-state index in [4.69, 9.17) is 10.3 Å². The average molecular weight is 357 g/mol. The van der Waals surface area contributed by atoms with E-state index in [-0.39, 0.29) is 6.61 Å². The Kier molecular flexibility index (Phi) is 8.33. The zero-order valence-electron chi connectivity index (χ0n) is 15.0. The lowest BCUT2D eigenvalue weighted by Gasteiger charge is -2.32. The minimum atomic E-state index is -0.980. The van der Waals surface area contributed by atoms with E-state index < -0.39 is 23.4 Å². The average Bonchev–Trinajstić information content (AvgIpc) is 2.65. The van der Waals surface area contributed by atoms with Gasteiger partial charge in [-0.2, -0.15) is 0 Å². The van der Waals surface area contributed by atoms with Gasteiger partial charge in [0.25, 0.3) is 11.8 Å². The number of aliphatic hydroxyl groups excluding tert-OH is 1. The van der Waals surface area contributed by atoms with E-state index in [0.29, 0.717) is 17.5 Å². The van der Waals surface area contributed by atoms with E-state index in [1.165, 1.54) is 0 Å². The van der Waals surface area contributed by atoms with Crippen LogP contribution in [-0.4, -0.2) is 47.4 Å². The Morgan fingerprint density at radius 2 is 1.85 bits per heavy atom. The Bertz CT molecular complexity index is 749. The first-order chi connectivity index (χ1) is 12.4. The first-order valence-corrected chi connectivity index (χ1v) is 7.99. The molecule has 0 saturated carbocycles. The van der Waals surface area contributed by atoms with Crippen molar-refractivity contribution in [1.82, 2.24) is 16.1 Å². The predicted molar refractivity (Wildman–Crippen MR) is 97.1 cm³/mol. The number of aliphatic hydroxyl groups is 1. The summed E-state index contributed by atoms with van der Waals surface area (Å²) in [5.41, 5.74) is 1.82. The second-order valence-corrected chi connectivity index (χ2v) is 5.96. The Balaban J connectivity index is 2.87. The Hall–Kier alpha value is -2.84. The molecule has 1 aromatic rings. The predicted octanol–water partition coefficient (Wildman–Crippen LogP) is 0.0257. The normalized spacial score (nSPS) is 11.3. The minimum Gasteiger partial charge on any atom is -0.395 e. The second kappa shape index (κ2) is 10.2. The van der Waals surface area contributed by atoms with Gasteiger partial charge in [-0.05, 0) is 57.0 Å². The molecule has 7 nitrogen and oxygen atoms in total. The van der Waals surface area contributed by atoms with Crippen molar-refractivity contribution in [3.63, 3.8) is 0 Å². The van der Waals surface area contributed by atoms with Crippen LogP contribution < -0.4 is 16.1 Å². The summed E-state index contributed by atoms with van der Waals surface area (Å²) in [6.45, 7) is 3.45. The van der Waals surface area contributed by atoms with Crippen LogP contribution in [-0.2, 0) is 4.79 Å². The van der Waals surface area contributed by atoms with Crippen LogP contribution in [0.1, 0.15) is 36.2 Å². The summed E-state index contributed by atoms with van der Waals surface area (Å²) in [5.74, 6) is 9.61. The fraction of sp³-hybridized carbons (Fsp3) is 0.368. The number of benzene rings is 1. The molecule has 0 saturated heterocycles. The van der Waals surface area contributed by atoms with E-state index in [9.17, 15) is 9.59 Å². The van der Waals surface area contributed by atoms with Crippen molar-refractivity contribution in [2.75, 3.05) is 13.7 Å². The zero-order chi connectivity index (χ0) is 19.6. The minimum absolute atomic E-state index is 0.00184. The molecule has 5 N–H and O–H groups in total. The highest BCUT2D eigenvalue weighted by Crippen LogP contribution is 2.11. The maximum absolute atomic E-state index is 12.4. The van der Waals surface area contributed by atoms with E-state index in [1.807, 2.05) is 0 Å². The number of hydroxylamine groups is 1. The fourth-order valence-electron chi connectivity index (χ4n) is 1.97. The van der Waals surface area contributed by atoms with Crippen LogP contribution in [0.25, 0.3) is 0 Å². The van der Waals surface area contributed by atoms with Gasteiger partial charge in [-0.25, -0.2) is 5.48 Å². The number of likely N-dealkylation sites (N-methyl/N-ethyl adjacent to an activating group) is 1. The molecule has 2 amide bonds. The number of rotatable bonds is 6. The van der Waals surface area contributed by atoms with Crippen LogP contribution in [0, 0.1) is 23.7 Å². The third kappa shape index (κ3) is 6.23. The molecule has 0 aliphatic heterocycles. The number of amides is 2. The van der Waals surface area contributed by atoms with Crippen LogP contribution in [0.3, 0.4) is 0 Å². The molecule has 0 spiro atoms. The van der Waals surface area contributed by atoms with Crippen molar-refractivity contribution in [3.8, 4) is 23.7 Å². The summed E-state index contributed by atoms with van der Waals surface area (Å²) in [7, 11) is 1.65. The smallest absolute Gasteiger partial charge is 0.267 e. The number of hydrogen-bond donors (Lipinski definition) is 5. The van der Waals surface area contributed by atoms with E-state index in [2.05, 4.69) is 34.3 Å². The summed E-state index contributed by atoms with van der Waals surface area (Å²) in [5, 5.41) is 23.0. The monoisotopic (exact) mass is 357 g/mol. The molecule has 7 heteroatoms. The molecule has 26 heavy (non-hydrogen) atoms. The van der Waals surface area contributed by atoms with Gasteiger partial charge >= 0.3 is 0 Å². The topological polar surface area (TPSA) is 111 Å². The van der Waals surface area contributed by atoms with Crippen molar-refractivity contribution < 1.29 is 19.9 Å². The summed E-state index contributed by atoms with van der Waals surface area (Å²) < 4.78 is 0. The first kappa shape index (κ1) is 21.2. The highest BCUT2D eigenvalue weighted by Gasteiger charge is 2.35. The molecule has 0 unspecified atom stereocenters. The highest BCUT2D eigenvalue weighted by atomic mass is 16.5. The molecule has 0 aliphatic carbocycles. The highest BCUT2D eigenvalue weighted by molar-refractivity contribution is 5.97. The Morgan fingerprint density at radius 3 is 2.38 bits per heavy atom. The maximum Gasteiger partial charge on any atom is 0.267 e. The first-order valence-electron chi connectivity index (χ1n) is 7.99. The van der Waals surface area contributed by atoms with Gasteiger partial charge in [-0.1, -0.05) is 11.8 Å². The van der Waals surface area contributed by atoms with Gasteiger partial charge in [0.05, 0.1) is 6.61 Å². The number of carbonyl (C=O) groups excluding carboxylic acids is 2. The third-order valence-corrected chi connectivity index (χ3v) is 3.76. The van der Waals surface area contributed by atoms with Gasteiger partial charge < -0.3 is 15.7 Å². The summed E-state index contributed by atoms with van der Waals surface area (Å²) in [6, 6.07) is 5.52. The zero-order valence-corrected chi connectivity index (χ0v) is 15.0. The van der Waals surface area contributed by atoms with Crippen molar-refractivity contribution in [2.24, 2.45) is 0 Å². The van der Waals surface area contributed by atoms with Gasteiger partial charge in [0.15, 0.2) is 0 Å². The van der Waals surface area contributed by atoms with Crippen LogP contribution >= 0.6 is 0 Å². The second-order valence-electron chi connectivity index (χ2n) is 5.96. The Labute approximate surface area is 153 Å². The quantitative estimate of drug-likeness (QED) is 0.280. The fourth-order valence-corrected chi connectivity index (χ4v) is 1.97. The van der Waals surface area contributed by atoms with Crippen molar-refractivity contribution in [3.05, 3.63) is 35.4 Å². The summed E-state index contributed by atoms with van der Waals surface area (Å²) in [6.07, 6.45) is 0.374. The molecule has 1 aromatic carbocycles. The lowest BCUT2D eigenvalue weighted by Crippen LogP contribution is -2.62. The third-order valence-electron chi connectivity index (χ3n) is 3.76. The van der Waals surface area contributed by atoms with Crippen LogP contribution in [0.4, 0.5) is 0 Å². The molecular formula is C19H23N3O4. The largest absolute Gasteiger partial charge is 0.395 e. The molecule has 0 heterocycles. The number of carbonyl (C=O) groups is 2. The van der Waals surface area contributed by atoms with Crippen LogP contribution in [0.15, 0.2) is 24.3 Å². The number of nitrogens with one attached hydrogen (secondary N) is 3. The van der Waals surface area contributed by atoms with E-state index in [1.54, 1.807) is 50.6 Å². The summed E-state index contributed by atoms with van der Waals surface area (Å²) in [4.78, 5) is 24.3. The van der Waals surface area contributed by atoms with Crippen molar-refractivity contribution in [2.45, 2.75) is 31.8 Å². The molecule has 1 atom stereocenters. The van der Waals surface area contributed by atoms with E-state index >= 15 is 0 Å². The van der Waals surface area contributed by atoms with Crippen molar-refractivity contribution >= 4 is 11.8 Å². The van der Waals surface area contributed by atoms with Gasteiger partial charge in [-0.3, -0.25) is 14.8 Å². The lowest BCUT2D eigenvalue weighted by molar-refractivity contribution is -0.132. The molecule has 138 valence electrons.